The van der Waals surface area contributed by atoms with Crippen molar-refractivity contribution in [1.29, 1.82) is 0 Å². The van der Waals surface area contributed by atoms with Gasteiger partial charge in [0.1, 0.15) is 5.82 Å². The second kappa shape index (κ2) is 12.0. The van der Waals surface area contributed by atoms with E-state index in [1.807, 2.05) is 31.2 Å². The number of hydrogen-bond donors (Lipinski definition) is 1. The lowest BCUT2D eigenvalue weighted by Gasteiger charge is -2.17. The maximum atomic E-state index is 13.0. The molecule has 0 aliphatic carbocycles. The van der Waals surface area contributed by atoms with Crippen LogP contribution in [-0.2, 0) is 20.9 Å². The van der Waals surface area contributed by atoms with Gasteiger partial charge < -0.3 is 15.0 Å². The Balaban J connectivity index is 1.51. The Morgan fingerprint density at radius 1 is 0.971 bits per heavy atom. The predicted octanol–water partition coefficient (Wildman–Crippen LogP) is 4.68. The monoisotopic (exact) mass is 480 g/mol. The van der Waals surface area contributed by atoms with Gasteiger partial charge in [-0.25, -0.2) is 9.18 Å². The van der Waals surface area contributed by atoms with Gasteiger partial charge in [0.25, 0.3) is 5.91 Å². The van der Waals surface area contributed by atoms with E-state index in [0.29, 0.717) is 10.6 Å². The third-order valence-electron chi connectivity index (χ3n) is 4.89. The summed E-state index contributed by atoms with van der Waals surface area (Å²) in [7, 11) is 1.58. The predicted molar refractivity (Wildman–Crippen MR) is 130 cm³/mol. The van der Waals surface area contributed by atoms with E-state index < -0.39 is 12.6 Å². The van der Waals surface area contributed by atoms with Crippen molar-refractivity contribution in [2.24, 2.45) is 0 Å². The maximum absolute atomic E-state index is 13.0. The van der Waals surface area contributed by atoms with Crippen LogP contribution < -0.4 is 5.32 Å². The van der Waals surface area contributed by atoms with Crippen LogP contribution in [0.5, 0.6) is 0 Å². The topological polar surface area (TPSA) is 75.7 Å². The molecule has 0 fully saturated rings. The Hall–Kier alpha value is -3.65. The van der Waals surface area contributed by atoms with Gasteiger partial charge in [-0.3, -0.25) is 9.59 Å². The van der Waals surface area contributed by atoms with Crippen LogP contribution >= 0.6 is 11.8 Å². The third-order valence-corrected chi connectivity index (χ3v) is 5.96. The summed E-state index contributed by atoms with van der Waals surface area (Å²) in [6, 6.07) is 20.1. The molecule has 3 rings (SSSR count). The number of ether oxygens (including phenoxy) is 1. The van der Waals surface area contributed by atoms with Crippen molar-refractivity contribution in [3.63, 3.8) is 0 Å². The molecule has 0 atom stereocenters. The fraction of sp³-hybridized carbons (Fsp3) is 0.192. The first-order chi connectivity index (χ1) is 16.3. The molecule has 34 heavy (non-hydrogen) atoms. The number of aryl methyl sites for hydroxylation is 1. The maximum Gasteiger partial charge on any atom is 0.339 e. The first-order valence-corrected chi connectivity index (χ1v) is 11.5. The summed E-state index contributed by atoms with van der Waals surface area (Å²) in [5.41, 5.74) is 2.84. The second-order valence-electron chi connectivity index (χ2n) is 7.65. The van der Waals surface area contributed by atoms with Crippen molar-refractivity contribution < 1.29 is 23.5 Å². The molecule has 0 saturated heterocycles. The highest BCUT2D eigenvalue weighted by Crippen LogP contribution is 2.24. The lowest BCUT2D eigenvalue weighted by Crippen LogP contribution is -2.30. The Kier molecular flexibility index (Phi) is 8.81. The number of carbonyl (C=O) groups excluding carboxylic acids is 3. The standard InChI is InChI=1S/C26H25FN2O4S/c1-18-7-13-21(14-8-18)28-24(30)17-34-23-6-4-3-5-22(23)26(32)33-16-25(31)29(2)15-19-9-11-20(27)12-10-19/h3-14H,15-17H2,1-2H3,(H,28,30). The molecule has 0 aliphatic heterocycles. The zero-order valence-electron chi connectivity index (χ0n) is 18.9. The molecule has 3 aromatic carbocycles. The number of nitrogens with one attached hydrogen (secondary N) is 1. The van der Waals surface area contributed by atoms with E-state index in [-0.39, 0.29) is 35.5 Å². The molecule has 0 bridgehead atoms. The van der Waals surface area contributed by atoms with Gasteiger partial charge in [-0.1, -0.05) is 42.0 Å². The SMILES string of the molecule is Cc1ccc(NC(=O)CSc2ccccc2C(=O)OCC(=O)N(C)Cc2ccc(F)cc2)cc1. The molecule has 0 aliphatic rings. The van der Waals surface area contributed by atoms with E-state index in [2.05, 4.69) is 5.32 Å². The number of nitrogens with zero attached hydrogens (tertiary/aromatic N) is 1. The Bertz CT molecular complexity index is 1150. The number of rotatable bonds is 9. The zero-order chi connectivity index (χ0) is 24.5. The lowest BCUT2D eigenvalue weighted by atomic mass is 10.2. The number of likely N-dealkylation sites (N-methyl/N-ethyl adjacent to an activating group) is 1. The minimum Gasteiger partial charge on any atom is -0.452 e. The summed E-state index contributed by atoms with van der Waals surface area (Å²) in [5.74, 6) is -1.48. The number of hydrogen-bond acceptors (Lipinski definition) is 5. The van der Waals surface area contributed by atoms with Crippen molar-refractivity contribution in [1.82, 2.24) is 4.90 Å². The van der Waals surface area contributed by atoms with Crippen LogP contribution in [0.4, 0.5) is 10.1 Å². The van der Waals surface area contributed by atoms with Crippen LogP contribution in [0.15, 0.2) is 77.7 Å². The summed E-state index contributed by atoms with van der Waals surface area (Å²) >= 11 is 1.21. The van der Waals surface area contributed by atoms with E-state index in [9.17, 15) is 18.8 Å². The normalized spacial score (nSPS) is 10.4. The first kappa shape index (κ1) is 25.0. The molecular formula is C26H25FN2O4S. The third kappa shape index (κ3) is 7.45. The van der Waals surface area contributed by atoms with Crippen LogP contribution in [0.1, 0.15) is 21.5 Å². The minimum atomic E-state index is -0.648. The van der Waals surface area contributed by atoms with Gasteiger partial charge in [0.15, 0.2) is 6.61 Å². The van der Waals surface area contributed by atoms with E-state index in [1.165, 1.54) is 28.8 Å². The molecular weight excluding hydrogens is 455 g/mol. The first-order valence-electron chi connectivity index (χ1n) is 10.6. The van der Waals surface area contributed by atoms with Crippen molar-refractivity contribution in [3.8, 4) is 0 Å². The highest BCUT2D eigenvalue weighted by atomic mass is 32.2. The molecule has 8 heteroatoms. The lowest BCUT2D eigenvalue weighted by molar-refractivity contribution is -0.133. The molecule has 0 aromatic heterocycles. The Morgan fingerprint density at radius 3 is 2.35 bits per heavy atom. The van der Waals surface area contributed by atoms with Gasteiger partial charge in [-0.15, -0.1) is 11.8 Å². The highest BCUT2D eigenvalue weighted by molar-refractivity contribution is 8.00. The van der Waals surface area contributed by atoms with Crippen LogP contribution in [0.3, 0.4) is 0 Å². The molecule has 176 valence electrons. The molecule has 2 amide bonds. The number of carbonyl (C=O) groups is 3. The molecule has 0 spiro atoms. The number of amides is 2. The molecule has 6 nitrogen and oxygen atoms in total. The Labute approximate surface area is 202 Å². The van der Waals surface area contributed by atoms with E-state index >= 15 is 0 Å². The number of anilines is 1. The number of halogens is 1. The van der Waals surface area contributed by atoms with E-state index in [0.717, 1.165) is 11.1 Å². The average molecular weight is 481 g/mol. The number of thioether (sulfide) groups is 1. The smallest absolute Gasteiger partial charge is 0.339 e. The molecule has 0 heterocycles. The molecule has 3 aromatic rings. The zero-order valence-corrected chi connectivity index (χ0v) is 19.7. The summed E-state index contributed by atoms with van der Waals surface area (Å²) in [6.07, 6.45) is 0. The number of esters is 1. The van der Waals surface area contributed by atoms with Crippen LogP contribution in [0.25, 0.3) is 0 Å². The molecule has 0 saturated carbocycles. The van der Waals surface area contributed by atoms with Gasteiger partial charge in [0.2, 0.25) is 5.91 Å². The van der Waals surface area contributed by atoms with E-state index in [1.54, 1.807) is 43.4 Å². The van der Waals surface area contributed by atoms with Crippen molar-refractivity contribution in [3.05, 3.63) is 95.3 Å². The van der Waals surface area contributed by atoms with Gasteiger partial charge in [-0.05, 0) is 48.9 Å². The van der Waals surface area contributed by atoms with Crippen LogP contribution in [0.2, 0.25) is 0 Å². The largest absolute Gasteiger partial charge is 0.452 e. The highest BCUT2D eigenvalue weighted by Gasteiger charge is 2.17. The summed E-state index contributed by atoms with van der Waals surface area (Å²) in [5, 5.41) is 2.82. The average Bonchev–Trinajstić information content (AvgIpc) is 2.84. The Morgan fingerprint density at radius 2 is 1.65 bits per heavy atom. The number of benzene rings is 3. The van der Waals surface area contributed by atoms with Crippen molar-refractivity contribution >= 4 is 35.2 Å². The summed E-state index contributed by atoms with van der Waals surface area (Å²) in [4.78, 5) is 39.2. The van der Waals surface area contributed by atoms with Crippen molar-refractivity contribution in [2.45, 2.75) is 18.4 Å². The van der Waals surface area contributed by atoms with Crippen LogP contribution in [-0.4, -0.2) is 42.1 Å². The fourth-order valence-corrected chi connectivity index (χ4v) is 3.85. The van der Waals surface area contributed by atoms with Gasteiger partial charge in [-0.2, -0.15) is 0 Å². The molecule has 1 N–H and O–H groups in total. The molecule has 0 unspecified atom stereocenters. The second-order valence-corrected chi connectivity index (χ2v) is 8.67. The molecule has 0 radical (unpaired) electrons. The minimum absolute atomic E-state index is 0.109. The fourth-order valence-electron chi connectivity index (χ4n) is 3.01. The van der Waals surface area contributed by atoms with Crippen molar-refractivity contribution in [2.75, 3.05) is 24.7 Å². The quantitative estimate of drug-likeness (QED) is 0.356. The van der Waals surface area contributed by atoms with Gasteiger partial charge in [0.05, 0.1) is 11.3 Å². The summed E-state index contributed by atoms with van der Waals surface area (Å²) < 4.78 is 18.3. The van der Waals surface area contributed by atoms with Gasteiger partial charge >= 0.3 is 5.97 Å². The van der Waals surface area contributed by atoms with Crippen LogP contribution in [0, 0.1) is 12.7 Å². The summed E-state index contributed by atoms with van der Waals surface area (Å²) in [6.45, 7) is 1.80. The van der Waals surface area contributed by atoms with E-state index in [4.69, 9.17) is 4.74 Å². The van der Waals surface area contributed by atoms with Gasteiger partial charge in [0, 0.05) is 24.2 Å².